The molecule has 0 radical (unpaired) electrons. The Hall–Kier alpha value is -3.32. The maximum absolute atomic E-state index is 13.4. The highest BCUT2D eigenvalue weighted by molar-refractivity contribution is 5.91. The van der Waals surface area contributed by atoms with Gasteiger partial charge in [0.25, 0.3) is 5.56 Å². The van der Waals surface area contributed by atoms with E-state index in [0.29, 0.717) is 48.7 Å². The van der Waals surface area contributed by atoms with Crippen LogP contribution in [-0.2, 0) is 23.5 Å². The molecule has 0 aliphatic carbocycles. The first-order chi connectivity index (χ1) is 15.8. The van der Waals surface area contributed by atoms with Crippen molar-refractivity contribution in [3.05, 3.63) is 63.1 Å². The Kier molecular flexibility index (Phi) is 4.21. The molecule has 6 rings (SSSR count). The summed E-state index contributed by atoms with van der Waals surface area (Å²) in [6, 6.07) is 5.94. The van der Waals surface area contributed by atoms with Gasteiger partial charge in [0.05, 0.1) is 29.0 Å². The number of hydrogen-bond donors (Lipinski definition) is 1. The molecule has 3 aliphatic heterocycles. The van der Waals surface area contributed by atoms with Gasteiger partial charge in [-0.1, -0.05) is 27.4 Å². The van der Waals surface area contributed by atoms with Crippen molar-refractivity contribution < 1.29 is 19.3 Å². The van der Waals surface area contributed by atoms with Crippen LogP contribution in [0.4, 0.5) is 0 Å². The maximum atomic E-state index is 13.4. The fraction of sp³-hybridized carbons (Fsp3) is 0.385. The van der Waals surface area contributed by atoms with E-state index in [0.717, 1.165) is 33.5 Å². The van der Waals surface area contributed by atoms with Crippen LogP contribution in [0.1, 0.15) is 55.4 Å². The monoisotopic (exact) mass is 446 g/mol. The number of aromatic nitrogens is 2. The Bertz CT molecular complexity index is 1420. The van der Waals surface area contributed by atoms with Crippen molar-refractivity contribution in [1.29, 1.82) is 0 Å². The van der Waals surface area contributed by atoms with Crippen molar-refractivity contribution in [3.8, 4) is 22.9 Å². The number of rotatable bonds is 2. The van der Waals surface area contributed by atoms with Gasteiger partial charge >= 0.3 is 0 Å². The average molecular weight is 447 g/mol. The molecule has 0 saturated carbocycles. The maximum Gasteiger partial charge on any atom is 0.258 e. The molecule has 0 amide bonds. The first-order valence-electron chi connectivity index (χ1n) is 11.4. The van der Waals surface area contributed by atoms with Crippen molar-refractivity contribution in [3.63, 3.8) is 0 Å². The number of benzene rings is 1. The number of aliphatic hydroxyl groups is 1. The van der Waals surface area contributed by atoms with Crippen LogP contribution in [0.5, 0.6) is 11.5 Å². The van der Waals surface area contributed by atoms with Gasteiger partial charge in [0.2, 0.25) is 0 Å². The Morgan fingerprint density at radius 2 is 2.00 bits per heavy atom. The lowest BCUT2D eigenvalue weighted by molar-refractivity contribution is -0.0172. The Morgan fingerprint density at radius 1 is 1.21 bits per heavy atom. The van der Waals surface area contributed by atoms with E-state index in [1.165, 1.54) is 0 Å². The van der Waals surface area contributed by atoms with E-state index in [1.807, 2.05) is 19.1 Å². The first kappa shape index (κ1) is 20.3. The fourth-order valence-corrected chi connectivity index (χ4v) is 5.34. The zero-order valence-corrected chi connectivity index (χ0v) is 19.0. The van der Waals surface area contributed by atoms with E-state index in [9.17, 15) is 9.90 Å². The second kappa shape index (κ2) is 6.84. The van der Waals surface area contributed by atoms with Crippen LogP contribution in [0.25, 0.3) is 22.3 Å². The predicted octanol–water partition coefficient (Wildman–Crippen LogP) is 3.96. The highest BCUT2D eigenvalue weighted by atomic mass is 16.6. The molecule has 1 N–H and O–H groups in total. The Morgan fingerprint density at radius 3 is 2.76 bits per heavy atom. The van der Waals surface area contributed by atoms with Gasteiger partial charge in [0, 0.05) is 28.1 Å². The number of hydrogen-bond acceptors (Lipinski definition) is 6. The minimum atomic E-state index is -1.39. The van der Waals surface area contributed by atoms with Gasteiger partial charge in [-0.05, 0) is 24.5 Å². The average Bonchev–Trinajstić information content (AvgIpc) is 3.16. The zero-order chi connectivity index (χ0) is 23.1. The van der Waals surface area contributed by atoms with Crippen molar-refractivity contribution >= 4 is 10.9 Å². The quantitative estimate of drug-likeness (QED) is 0.502. The lowest BCUT2D eigenvalue weighted by Crippen LogP contribution is -2.38. The smallest absolute Gasteiger partial charge is 0.258 e. The summed E-state index contributed by atoms with van der Waals surface area (Å²) in [5.74, 6) is 1.99. The highest BCUT2D eigenvalue weighted by Gasteiger charge is 2.41. The summed E-state index contributed by atoms with van der Waals surface area (Å²) >= 11 is 0. The number of pyridine rings is 2. The number of ether oxygens (including phenoxy) is 3. The molecule has 0 fully saturated rings. The van der Waals surface area contributed by atoms with Crippen LogP contribution < -0.4 is 15.0 Å². The first-order valence-corrected chi connectivity index (χ1v) is 11.4. The SMILES string of the molecule is C=C1OCc2c(cc3n(c2=O)Cc2cc4c(C(C)C)c5c(cc4nc2-3)OCCO5)[C@@]1(O)CC. The van der Waals surface area contributed by atoms with Crippen molar-refractivity contribution in [1.82, 2.24) is 9.55 Å². The summed E-state index contributed by atoms with van der Waals surface area (Å²) in [5.41, 5.74) is 3.81. The minimum absolute atomic E-state index is 0.111. The van der Waals surface area contributed by atoms with Crippen LogP contribution in [-0.4, -0.2) is 27.9 Å². The van der Waals surface area contributed by atoms with Gasteiger partial charge in [-0.3, -0.25) is 4.79 Å². The molecule has 1 atom stereocenters. The molecular formula is C26H26N2O5. The summed E-state index contributed by atoms with van der Waals surface area (Å²) in [4.78, 5) is 18.4. The summed E-state index contributed by atoms with van der Waals surface area (Å²) in [5, 5.41) is 12.3. The molecular weight excluding hydrogens is 420 g/mol. The van der Waals surface area contributed by atoms with Gasteiger partial charge < -0.3 is 23.9 Å². The molecule has 0 unspecified atom stereocenters. The third-order valence-corrected chi connectivity index (χ3v) is 7.10. The second-order valence-electron chi connectivity index (χ2n) is 9.27. The normalized spacial score (nSPS) is 20.5. The fourth-order valence-electron chi connectivity index (χ4n) is 5.34. The zero-order valence-electron chi connectivity index (χ0n) is 19.0. The molecule has 0 spiro atoms. The largest absolute Gasteiger partial charge is 0.490 e. The van der Waals surface area contributed by atoms with Gasteiger partial charge in [-0.25, -0.2) is 4.98 Å². The third kappa shape index (κ3) is 2.66. The van der Waals surface area contributed by atoms with Crippen molar-refractivity contribution in [2.75, 3.05) is 13.2 Å². The van der Waals surface area contributed by atoms with Crippen LogP contribution in [0, 0.1) is 0 Å². The highest BCUT2D eigenvalue weighted by Crippen LogP contribution is 2.46. The molecule has 3 aromatic rings. The Labute approximate surface area is 191 Å². The predicted molar refractivity (Wildman–Crippen MR) is 124 cm³/mol. The molecule has 1 aromatic carbocycles. The van der Waals surface area contributed by atoms with Crippen LogP contribution in [0.2, 0.25) is 0 Å². The molecule has 2 aromatic heterocycles. The molecule has 170 valence electrons. The van der Waals surface area contributed by atoms with E-state index in [1.54, 1.807) is 4.57 Å². The molecule has 3 aliphatic rings. The summed E-state index contributed by atoms with van der Waals surface area (Å²) in [7, 11) is 0. The standard InChI is InChI=1S/C26H26N2O5/c1-5-26(30)14(4)33-12-17-18(26)9-20-23-15(11-28(20)25(17)29)8-16-19(27-23)10-21-24(22(16)13(2)3)32-7-6-31-21/h8-10,13,30H,4-7,11-12H2,1-3H3/t26-/m1/s1. The van der Waals surface area contributed by atoms with Crippen LogP contribution in [0.15, 0.2) is 35.3 Å². The lowest BCUT2D eigenvalue weighted by atomic mass is 9.84. The molecule has 7 heteroatoms. The van der Waals surface area contributed by atoms with E-state index in [2.05, 4.69) is 26.5 Å². The third-order valence-electron chi connectivity index (χ3n) is 7.10. The topological polar surface area (TPSA) is 82.8 Å². The van der Waals surface area contributed by atoms with Crippen molar-refractivity contribution in [2.45, 2.75) is 51.9 Å². The van der Waals surface area contributed by atoms with Gasteiger partial charge in [0.1, 0.15) is 31.2 Å². The van der Waals surface area contributed by atoms with E-state index in [-0.39, 0.29) is 23.8 Å². The number of nitrogens with zero attached hydrogens (tertiary/aromatic N) is 2. The van der Waals surface area contributed by atoms with Gasteiger partial charge in [0.15, 0.2) is 11.5 Å². The van der Waals surface area contributed by atoms with Crippen LogP contribution in [0.3, 0.4) is 0 Å². The number of fused-ring (bicyclic) bond motifs is 6. The van der Waals surface area contributed by atoms with Crippen molar-refractivity contribution in [2.24, 2.45) is 0 Å². The molecule has 0 saturated heterocycles. The van der Waals surface area contributed by atoms with E-state index < -0.39 is 5.60 Å². The van der Waals surface area contributed by atoms with Crippen LogP contribution >= 0.6 is 0 Å². The Balaban J connectivity index is 1.62. The molecule has 7 nitrogen and oxygen atoms in total. The summed E-state index contributed by atoms with van der Waals surface area (Å²) in [6.45, 7) is 11.6. The lowest BCUT2D eigenvalue weighted by Gasteiger charge is -2.35. The minimum Gasteiger partial charge on any atom is -0.490 e. The summed E-state index contributed by atoms with van der Waals surface area (Å²) < 4.78 is 19.2. The second-order valence-corrected chi connectivity index (χ2v) is 9.27. The molecule has 0 bridgehead atoms. The molecule has 5 heterocycles. The van der Waals surface area contributed by atoms with E-state index >= 15 is 0 Å². The summed E-state index contributed by atoms with van der Waals surface area (Å²) in [6.07, 6.45) is 0.362. The van der Waals surface area contributed by atoms with Gasteiger partial charge in [-0.2, -0.15) is 0 Å². The van der Waals surface area contributed by atoms with E-state index in [4.69, 9.17) is 19.2 Å². The molecule has 33 heavy (non-hydrogen) atoms. The van der Waals surface area contributed by atoms with Gasteiger partial charge in [-0.15, -0.1) is 0 Å².